The van der Waals surface area contributed by atoms with Crippen LogP contribution in [0.15, 0.2) is 36.5 Å². The number of benzene rings is 1. The molecule has 0 aliphatic carbocycles. The summed E-state index contributed by atoms with van der Waals surface area (Å²) in [5.41, 5.74) is 2.52. The van der Waals surface area contributed by atoms with E-state index in [4.69, 9.17) is 11.6 Å². The Bertz CT molecular complexity index is 572. The van der Waals surface area contributed by atoms with Gasteiger partial charge in [-0.25, -0.2) is 4.39 Å². The summed E-state index contributed by atoms with van der Waals surface area (Å²) in [5, 5.41) is 3.52. The number of rotatable bonds is 4. The van der Waals surface area contributed by atoms with E-state index in [0.29, 0.717) is 10.6 Å². The molecule has 0 spiro atoms. The number of aryl methyl sites for hydroxylation is 1. The van der Waals surface area contributed by atoms with Gasteiger partial charge < -0.3 is 5.32 Å². The summed E-state index contributed by atoms with van der Waals surface area (Å²) in [5.74, 6) is -0.320. The van der Waals surface area contributed by atoms with E-state index in [9.17, 15) is 4.39 Å². The normalized spacial score (nSPS) is 12.4. The van der Waals surface area contributed by atoms with E-state index >= 15 is 0 Å². The van der Waals surface area contributed by atoms with Gasteiger partial charge >= 0.3 is 0 Å². The molecule has 1 aromatic carbocycles. The third-order valence-electron chi connectivity index (χ3n) is 3.14. The van der Waals surface area contributed by atoms with Crippen LogP contribution in [0, 0.1) is 5.82 Å². The number of nitrogens with one attached hydrogen (secondary N) is 1. The topological polar surface area (TPSA) is 24.9 Å². The van der Waals surface area contributed by atoms with Gasteiger partial charge in [0.15, 0.2) is 0 Å². The molecule has 0 saturated carbocycles. The quantitative estimate of drug-likeness (QED) is 0.921. The molecular formula is C15H16ClFN2. The van der Waals surface area contributed by atoms with E-state index in [-0.39, 0.29) is 11.9 Å². The van der Waals surface area contributed by atoms with Crippen molar-refractivity contribution in [2.45, 2.75) is 19.4 Å². The number of nitrogens with zero attached hydrogens (tertiary/aromatic N) is 1. The molecule has 4 heteroatoms. The Kier molecular flexibility index (Phi) is 4.51. The van der Waals surface area contributed by atoms with Gasteiger partial charge in [0.25, 0.3) is 0 Å². The van der Waals surface area contributed by atoms with Crippen molar-refractivity contribution in [2.75, 3.05) is 7.05 Å². The minimum atomic E-state index is -0.320. The number of halogens is 2. The van der Waals surface area contributed by atoms with Crippen molar-refractivity contribution in [1.29, 1.82) is 0 Å². The molecule has 1 N–H and O–H groups in total. The van der Waals surface area contributed by atoms with Gasteiger partial charge in [-0.05, 0) is 37.2 Å². The molecule has 0 aliphatic heterocycles. The van der Waals surface area contributed by atoms with E-state index in [1.807, 2.05) is 12.1 Å². The maximum absolute atomic E-state index is 14.1. The lowest BCUT2D eigenvalue weighted by Crippen LogP contribution is -2.21. The van der Waals surface area contributed by atoms with Crippen molar-refractivity contribution in [2.24, 2.45) is 0 Å². The van der Waals surface area contributed by atoms with Gasteiger partial charge in [-0.3, -0.25) is 4.98 Å². The lowest BCUT2D eigenvalue weighted by atomic mass is 9.98. The van der Waals surface area contributed by atoms with Gasteiger partial charge in [0.2, 0.25) is 0 Å². The zero-order chi connectivity index (χ0) is 13.8. The second-order valence-corrected chi connectivity index (χ2v) is 4.73. The van der Waals surface area contributed by atoms with Crippen LogP contribution in [0.5, 0.6) is 0 Å². The van der Waals surface area contributed by atoms with Crippen molar-refractivity contribution in [3.8, 4) is 0 Å². The largest absolute Gasteiger partial charge is 0.308 e. The fourth-order valence-electron chi connectivity index (χ4n) is 2.18. The second-order valence-electron chi connectivity index (χ2n) is 4.29. The van der Waals surface area contributed by atoms with Gasteiger partial charge in [0.05, 0.1) is 11.7 Å². The fraction of sp³-hybridized carbons (Fsp3) is 0.267. The highest BCUT2D eigenvalue weighted by Gasteiger charge is 2.19. The first-order valence-corrected chi connectivity index (χ1v) is 6.61. The fourth-order valence-corrected chi connectivity index (χ4v) is 2.34. The molecule has 1 unspecified atom stereocenters. The average molecular weight is 279 g/mol. The summed E-state index contributed by atoms with van der Waals surface area (Å²) in [6.07, 6.45) is 2.59. The monoisotopic (exact) mass is 278 g/mol. The second kappa shape index (κ2) is 6.13. The maximum Gasteiger partial charge on any atom is 0.129 e. The average Bonchev–Trinajstić information content (AvgIpc) is 2.42. The molecule has 2 rings (SSSR count). The molecule has 0 bridgehead atoms. The van der Waals surface area contributed by atoms with Crippen molar-refractivity contribution in [3.63, 3.8) is 0 Å². The molecular weight excluding hydrogens is 263 g/mol. The molecule has 0 amide bonds. The van der Waals surface area contributed by atoms with Crippen LogP contribution < -0.4 is 5.32 Å². The third kappa shape index (κ3) is 2.94. The Labute approximate surface area is 117 Å². The predicted octanol–water partition coefficient (Wildman–Crippen LogP) is 3.75. The van der Waals surface area contributed by atoms with Gasteiger partial charge in [-0.15, -0.1) is 0 Å². The lowest BCUT2D eigenvalue weighted by molar-refractivity contribution is 0.568. The van der Waals surface area contributed by atoms with Crippen LogP contribution in [0.1, 0.15) is 29.8 Å². The van der Waals surface area contributed by atoms with Crippen molar-refractivity contribution in [1.82, 2.24) is 10.3 Å². The Morgan fingerprint density at radius 3 is 2.79 bits per heavy atom. The van der Waals surface area contributed by atoms with Crippen LogP contribution in [-0.4, -0.2) is 12.0 Å². The molecule has 100 valence electrons. The lowest BCUT2D eigenvalue weighted by Gasteiger charge is -2.19. The van der Waals surface area contributed by atoms with Crippen molar-refractivity contribution >= 4 is 11.6 Å². The minimum absolute atomic E-state index is 0.270. The summed E-state index contributed by atoms with van der Waals surface area (Å²) in [6, 6.07) is 8.36. The molecule has 1 heterocycles. The van der Waals surface area contributed by atoms with Gasteiger partial charge in [0, 0.05) is 16.8 Å². The molecule has 0 saturated heterocycles. The highest BCUT2D eigenvalue weighted by Crippen LogP contribution is 2.27. The first-order chi connectivity index (χ1) is 9.17. The summed E-state index contributed by atoms with van der Waals surface area (Å²) in [7, 11) is 1.80. The molecule has 2 nitrogen and oxygen atoms in total. The summed E-state index contributed by atoms with van der Waals surface area (Å²) in [4.78, 5) is 4.40. The molecule has 0 aliphatic rings. The van der Waals surface area contributed by atoms with Crippen LogP contribution >= 0.6 is 11.6 Å². The number of pyridine rings is 1. The first-order valence-electron chi connectivity index (χ1n) is 6.23. The maximum atomic E-state index is 14.1. The van der Waals surface area contributed by atoms with Crippen LogP contribution in [-0.2, 0) is 6.42 Å². The van der Waals surface area contributed by atoms with E-state index in [1.165, 1.54) is 6.07 Å². The van der Waals surface area contributed by atoms with Crippen LogP contribution in [0.3, 0.4) is 0 Å². The van der Waals surface area contributed by atoms with Gasteiger partial charge in [-0.1, -0.05) is 30.7 Å². The van der Waals surface area contributed by atoms with Crippen LogP contribution in [0.2, 0.25) is 5.02 Å². The van der Waals surface area contributed by atoms with Gasteiger partial charge in [0.1, 0.15) is 5.82 Å². The third-order valence-corrected chi connectivity index (χ3v) is 3.38. The standard InChI is InChI=1S/C15H16ClFN2/c1-3-10-5-4-8-19-14(10)15(18-2)12-7-6-11(16)9-13(12)17/h4-9,15,18H,3H2,1-2H3. The van der Waals surface area contributed by atoms with Crippen molar-refractivity contribution in [3.05, 3.63) is 64.2 Å². The Hall–Kier alpha value is -1.45. The summed E-state index contributed by atoms with van der Waals surface area (Å²) < 4.78 is 14.1. The van der Waals surface area contributed by atoms with Crippen molar-refractivity contribution < 1.29 is 4.39 Å². The highest BCUT2D eigenvalue weighted by atomic mass is 35.5. The molecule has 19 heavy (non-hydrogen) atoms. The van der Waals surface area contributed by atoms with E-state index in [1.54, 1.807) is 25.4 Å². The molecule has 0 radical (unpaired) electrons. The Morgan fingerprint density at radius 1 is 1.37 bits per heavy atom. The molecule has 1 atom stereocenters. The van der Waals surface area contributed by atoms with E-state index < -0.39 is 0 Å². The Balaban J connectivity index is 2.50. The van der Waals surface area contributed by atoms with Gasteiger partial charge in [-0.2, -0.15) is 0 Å². The molecule has 2 aromatic rings. The molecule has 0 fully saturated rings. The minimum Gasteiger partial charge on any atom is -0.308 e. The highest BCUT2D eigenvalue weighted by molar-refractivity contribution is 6.30. The Morgan fingerprint density at radius 2 is 2.16 bits per heavy atom. The number of aromatic nitrogens is 1. The predicted molar refractivity (Wildman–Crippen MR) is 75.9 cm³/mol. The number of hydrogen-bond donors (Lipinski definition) is 1. The first kappa shape index (κ1) is 14.0. The van der Waals surface area contributed by atoms with Crippen LogP contribution in [0.4, 0.5) is 4.39 Å². The van der Waals surface area contributed by atoms with E-state index in [2.05, 4.69) is 17.2 Å². The summed E-state index contributed by atoms with van der Waals surface area (Å²) >= 11 is 5.79. The smallest absolute Gasteiger partial charge is 0.129 e. The summed E-state index contributed by atoms with van der Waals surface area (Å²) in [6.45, 7) is 2.06. The SMILES string of the molecule is CCc1cccnc1C(NC)c1ccc(Cl)cc1F. The van der Waals surface area contributed by atoms with Crippen LogP contribution in [0.25, 0.3) is 0 Å². The zero-order valence-corrected chi connectivity index (χ0v) is 11.7. The zero-order valence-electron chi connectivity index (χ0n) is 11.0. The molecule has 1 aromatic heterocycles. The van der Waals surface area contributed by atoms with E-state index in [0.717, 1.165) is 17.7 Å². The number of hydrogen-bond acceptors (Lipinski definition) is 2.